The topological polar surface area (TPSA) is 49.1 Å². The van der Waals surface area contributed by atoms with E-state index in [1.165, 1.54) is 0 Å². The van der Waals surface area contributed by atoms with Gasteiger partial charge in [-0.3, -0.25) is 14.1 Å². The van der Waals surface area contributed by atoms with Crippen LogP contribution >= 0.6 is 0 Å². The number of ether oxygens (including phenoxy) is 1. The Kier molecular flexibility index (Phi) is 3.95. The number of nitrogens with zero attached hydrogens (tertiary/aromatic N) is 3. The number of imidazole rings is 1. The van der Waals surface area contributed by atoms with E-state index in [0.29, 0.717) is 12.3 Å². The Bertz CT molecular complexity index is 945. The van der Waals surface area contributed by atoms with Crippen molar-refractivity contribution in [2.45, 2.75) is 27.3 Å². The third kappa shape index (κ3) is 2.94. The van der Waals surface area contributed by atoms with Crippen molar-refractivity contribution in [2.75, 3.05) is 7.11 Å². The van der Waals surface area contributed by atoms with E-state index < -0.39 is 0 Å². The van der Waals surface area contributed by atoms with Gasteiger partial charge in [-0.2, -0.15) is 0 Å². The van der Waals surface area contributed by atoms with E-state index in [4.69, 9.17) is 4.74 Å². The number of fused-ring (bicyclic) bond motifs is 1. The first-order chi connectivity index (χ1) is 11.3. The lowest BCUT2D eigenvalue weighted by Gasteiger charge is -2.18. The van der Waals surface area contributed by atoms with Crippen LogP contribution < -0.4 is 10.4 Å². The molecule has 0 fully saturated rings. The Balaban J connectivity index is 2.15. The van der Waals surface area contributed by atoms with Crippen molar-refractivity contribution in [3.8, 4) is 16.9 Å². The molecule has 0 N–H and O–H groups in total. The van der Waals surface area contributed by atoms with Crippen molar-refractivity contribution in [1.82, 2.24) is 14.1 Å². The summed E-state index contributed by atoms with van der Waals surface area (Å²) in [6, 6.07) is 8.01. The van der Waals surface area contributed by atoms with Crippen molar-refractivity contribution >= 4 is 11.0 Å². The minimum absolute atomic E-state index is 0.0147. The normalized spacial score (nSPS) is 11.9. The number of hydrogen-bond donors (Lipinski definition) is 0. The first kappa shape index (κ1) is 16.3. The van der Waals surface area contributed by atoms with Crippen molar-refractivity contribution in [3.05, 3.63) is 47.1 Å². The largest absolute Gasteiger partial charge is 0.495 e. The monoisotopic (exact) mass is 325 g/mol. The highest BCUT2D eigenvalue weighted by Gasteiger charge is 2.18. The van der Waals surface area contributed by atoms with Gasteiger partial charge in [0.1, 0.15) is 5.75 Å². The average molecular weight is 325 g/mol. The lowest BCUT2D eigenvalue weighted by molar-refractivity contribution is 0.342. The molecular weight excluding hydrogens is 302 g/mol. The van der Waals surface area contributed by atoms with Crippen molar-refractivity contribution in [1.29, 1.82) is 0 Å². The van der Waals surface area contributed by atoms with Gasteiger partial charge in [-0.1, -0.05) is 26.8 Å². The van der Waals surface area contributed by atoms with Gasteiger partial charge in [0.2, 0.25) is 0 Å². The lowest BCUT2D eigenvalue weighted by atomic mass is 9.97. The second-order valence-corrected chi connectivity index (χ2v) is 7.31. The van der Waals surface area contributed by atoms with Crippen LogP contribution in [0.25, 0.3) is 22.2 Å². The molecule has 5 nitrogen and oxygen atoms in total. The molecule has 1 aromatic carbocycles. The van der Waals surface area contributed by atoms with Crippen LogP contribution in [0.2, 0.25) is 0 Å². The fraction of sp³-hybridized carbons (Fsp3) is 0.368. The highest BCUT2D eigenvalue weighted by Crippen LogP contribution is 2.27. The number of pyridine rings is 1. The molecule has 0 atom stereocenters. The van der Waals surface area contributed by atoms with Crippen molar-refractivity contribution in [2.24, 2.45) is 12.5 Å². The van der Waals surface area contributed by atoms with Crippen LogP contribution in [-0.4, -0.2) is 21.2 Å². The minimum Gasteiger partial charge on any atom is -0.495 e. The molecule has 24 heavy (non-hydrogen) atoms. The van der Waals surface area contributed by atoms with E-state index in [1.807, 2.05) is 35.9 Å². The van der Waals surface area contributed by atoms with E-state index >= 15 is 0 Å². The Labute approximate surface area is 141 Å². The Morgan fingerprint density at radius 2 is 1.83 bits per heavy atom. The maximum Gasteiger partial charge on any atom is 0.328 e. The summed E-state index contributed by atoms with van der Waals surface area (Å²) in [5.74, 6) is 0.715. The van der Waals surface area contributed by atoms with Crippen molar-refractivity contribution in [3.63, 3.8) is 0 Å². The second kappa shape index (κ2) is 5.82. The van der Waals surface area contributed by atoms with Crippen LogP contribution in [0.15, 0.2) is 41.5 Å². The van der Waals surface area contributed by atoms with Gasteiger partial charge in [0.25, 0.3) is 0 Å². The predicted molar refractivity (Wildman–Crippen MR) is 96.4 cm³/mol. The molecule has 0 radical (unpaired) electrons. The summed E-state index contributed by atoms with van der Waals surface area (Å²) in [5, 5.41) is 0. The van der Waals surface area contributed by atoms with E-state index in [9.17, 15) is 4.79 Å². The highest BCUT2D eigenvalue weighted by molar-refractivity contribution is 5.82. The molecule has 2 aromatic heterocycles. The van der Waals surface area contributed by atoms with Crippen molar-refractivity contribution < 1.29 is 4.74 Å². The van der Waals surface area contributed by atoms with Gasteiger partial charge in [-0.25, -0.2) is 4.79 Å². The number of benzene rings is 1. The van der Waals surface area contributed by atoms with E-state index in [2.05, 4.69) is 25.8 Å². The third-order valence-electron chi connectivity index (χ3n) is 4.06. The lowest BCUT2D eigenvalue weighted by Crippen LogP contribution is -2.27. The first-order valence-electron chi connectivity index (χ1n) is 7.99. The molecule has 0 amide bonds. The summed E-state index contributed by atoms with van der Waals surface area (Å²) in [4.78, 5) is 16.8. The fourth-order valence-corrected chi connectivity index (χ4v) is 2.90. The molecule has 0 saturated heterocycles. The van der Waals surface area contributed by atoms with Crippen LogP contribution in [0.3, 0.4) is 0 Å². The molecule has 0 bridgehead atoms. The molecular formula is C19H23N3O2. The van der Waals surface area contributed by atoms with Gasteiger partial charge >= 0.3 is 5.69 Å². The number of hydrogen-bond acceptors (Lipinski definition) is 3. The smallest absolute Gasteiger partial charge is 0.328 e. The van der Waals surface area contributed by atoms with Gasteiger partial charge in [-0.15, -0.1) is 0 Å². The molecule has 3 rings (SSSR count). The molecule has 2 heterocycles. The summed E-state index contributed by atoms with van der Waals surface area (Å²) in [5.41, 5.74) is 3.90. The van der Waals surface area contributed by atoms with E-state index in [1.54, 1.807) is 24.1 Å². The SMILES string of the molecule is COc1cncc(-c2ccc3c(c2)n(C)c(=O)n3CC(C)(C)C)c1. The zero-order chi connectivity index (χ0) is 17.5. The molecule has 0 spiro atoms. The Hall–Kier alpha value is -2.56. The average Bonchev–Trinajstić information content (AvgIpc) is 2.78. The van der Waals surface area contributed by atoms with E-state index in [-0.39, 0.29) is 11.1 Å². The number of rotatable bonds is 3. The Morgan fingerprint density at radius 3 is 2.50 bits per heavy atom. The summed E-state index contributed by atoms with van der Waals surface area (Å²) in [6.07, 6.45) is 3.48. The van der Waals surface area contributed by atoms with Gasteiger partial charge in [-0.05, 0) is 29.2 Å². The molecule has 3 aromatic rings. The minimum atomic E-state index is 0.0147. The van der Waals surface area contributed by atoms with Gasteiger partial charge in [0.05, 0.1) is 24.3 Å². The zero-order valence-corrected chi connectivity index (χ0v) is 14.8. The third-order valence-corrected chi connectivity index (χ3v) is 4.06. The number of aromatic nitrogens is 3. The number of aryl methyl sites for hydroxylation is 1. The zero-order valence-electron chi connectivity index (χ0n) is 14.8. The molecule has 0 aliphatic carbocycles. The Morgan fingerprint density at radius 1 is 1.08 bits per heavy atom. The van der Waals surface area contributed by atoms with Gasteiger partial charge in [0, 0.05) is 25.4 Å². The summed E-state index contributed by atoms with van der Waals surface area (Å²) < 4.78 is 8.80. The van der Waals surface area contributed by atoms with Gasteiger partial charge < -0.3 is 4.74 Å². The van der Waals surface area contributed by atoms with Crippen LogP contribution in [0, 0.1) is 5.41 Å². The molecule has 0 aliphatic rings. The van der Waals surface area contributed by atoms with Crippen LogP contribution in [-0.2, 0) is 13.6 Å². The fourth-order valence-electron chi connectivity index (χ4n) is 2.90. The van der Waals surface area contributed by atoms with Crippen LogP contribution in [0.5, 0.6) is 5.75 Å². The summed E-state index contributed by atoms with van der Waals surface area (Å²) in [7, 11) is 3.44. The van der Waals surface area contributed by atoms with Crippen LogP contribution in [0.1, 0.15) is 20.8 Å². The second-order valence-electron chi connectivity index (χ2n) is 7.31. The molecule has 0 unspecified atom stereocenters. The predicted octanol–water partition coefficient (Wildman–Crippen LogP) is 3.46. The maximum absolute atomic E-state index is 12.6. The molecule has 0 aliphatic heterocycles. The molecule has 5 heteroatoms. The standard InChI is InChI=1S/C19H23N3O2/c1-19(2,3)12-22-16-7-6-13(9-17(16)21(4)18(22)23)14-8-15(24-5)11-20-10-14/h6-11H,12H2,1-5H3. The molecule has 126 valence electrons. The van der Waals surface area contributed by atoms with Crippen LogP contribution in [0.4, 0.5) is 0 Å². The molecule has 0 saturated carbocycles. The van der Waals surface area contributed by atoms with Gasteiger partial charge in [0.15, 0.2) is 0 Å². The highest BCUT2D eigenvalue weighted by atomic mass is 16.5. The number of methoxy groups -OCH3 is 1. The first-order valence-corrected chi connectivity index (χ1v) is 7.99. The van der Waals surface area contributed by atoms with E-state index in [0.717, 1.165) is 22.2 Å². The summed E-state index contributed by atoms with van der Waals surface area (Å²) >= 11 is 0. The maximum atomic E-state index is 12.6. The summed E-state index contributed by atoms with van der Waals surface area (Å²) in [6.45, 7) is 7.08. The quantitative estimate of drug-likeness (QED) is 0.741.